The average molecular weight is 500 g/mol. The number of ether oxygens (including phenoxy) is 1. The van der Waals surface area contributed by atoms with Crippen molar-refractivity contribution in [1.82, 2.24) is 9.47 Å². The van der Waals surface area contributed by atoms with Crippen molar-refractivity contribution in [1.29, 1.82) is 0 Å². The Morgan fingerprint density at radius 1 is 1.14 bits per heavy atom. The second-order valence-electron chi connectivity index (χ2n) is 8.22. The van der Waals surface area contributed by atoms with Crippen molar-refractivity contribution < 1.29 is 23.5 Å². The van der Waals surface area contributed by atoms with Crippen LogP contribution < -0.4 is 5.32 Å². The highest BCUT2D eigenvalue weighted by Crippen LogP contribution is 2.26. The Hall–Kier alpha value is -3.65. The molecule has 1 unspecified atom stereocenters. The topological polar surface area (TPSA) is 80.6 Å². The predicted molar refractivity (Wildman–Crippen MR) is 132 cm³/mol. The van der Waals surface area contributed by atoms with Gasteiger partial charge in [-0.1, -0.05) is 29.8 Å². The smallest absolute Gasteiger partial charge is 0.354 e. The molecule has 0 aliphatic heterocycles. The van der Waals surface area contributed by atoms with E-state index >= 15 is 0 Å². The number of hydrogen-bond acceptors (Lipinski definition) is 4. The molecular weight excluding hydrogens is 473 g/mol. The summed E-state index contributed by atoms with van der Waals surface area (Å²) in [6, 6.07) is 10.9. The molecule has 0 saturated carbocycles. The first-order chi connectivity index (χ1) is 16.5. The summed E-state index contributed by atoms with van der Waals surface area (Å²) in [6.07, 6.45) is 0. The maximum absolute atomic E-state index is 13.7. The number of esters is 1. The number of carbonyl (C=O) groups excluding carboxylic acids is 3. The number of urea groups is 1. The van der Waals surface area contributed by atoms with Gasteiger partial charge in [0.2, 0.25) is 0 Å². The van der Waals surface area contributed by atoms with E-state index < -0.39 is 23.9 Å². The van der Waals surface area contributed by atoms with Crippen molar-refractivity contribution in [2.45, 2.75) is 33.4 Å². The van der Waals surface area contributed by atoms with Crippen molar-refractivity contribution in [2.24, 2.45) is 7.05 Å². The van der Waals surface area contributed by atoms with Crippen LogP contribution in [0.25, 0.3) is 0 Å². The van der Waals surface area contributed by atoms with E-state index in [-0.39, 0.29) is 18.0 Å². The molecule has 0 spiro atoms. The fourth-order valence-corrected chi connectivity index (χ4v) is 4.20. The lowest BCUT2D eigenvalue weighted by Gasteiger charge is -2.29. The highest BCUT2D eigenvalue weighted by atomic mass is 35.5. The van der Waals surface area contributed by atoms with E-state index in [9.17, 15) is 18.8 Å². The lowest BCUT2D eigenvalue weighted by Crippen LogP contribution is -2.45. The average Bonchev–Trinajstić information content (AvgIpc) is 3.05. The van der Waals surface area contributed by atoms with Gasteiger partial charge in [-0.2, -0.15) is 0 Å². The fourth-order valence-electron chi connectivity index (χ4n) is 4.01. The highest BCUT2D eigenvalue weighted by Gasteiger charge is 2.32. The fraction of sp³-hybridized carbons (Fsp3) is 0.269. The molecular formula is C26H27ClFN3O4. The van der Waals surface area contributed by atoms with E-state index in [0.29, 0.717) is 33.1 Å². The van der Waals surface area contributed by atoms with Gasteiger partial charge in [0.15, 0.2) is 5.78 Å². The molecule has 0 aliphatic rings. The van der Waals surface area contributed by atoms with Crippen LogP contribution in [-0.2, 0) is 18.3 Å². The summed E-state index contributed by atoms with van der Waals surface area (Å²) in [5, 5.41) is 3.22. The van der Waals surface area contributed by atoms with E-state index in [4.69, 9.17) is 16.3 Å². The summed E-state index contributed by atoms with van der Waals surface area (Å²) < 4.78 is 19.9. The van der Waals surface area contributed by atoms with Gasteiger partial charge in [-0.15, -0.1) is 0 Å². The van der Waals surface area contributed by atoms with Crippen LogP contribution in [0.1, 0.15) is 44.6 Å². The number of ketones is 1. The second kappa shape index (κ2) is 10.7. The molecule has 2 aromatic carbocycles. The standard InChI is InChI=1S/C26H27ClFN3O4/c1-15-22(16(2)30(4)23(15)25(33)35-5)24(32)17(3)31(14-18-9-11-20(28)12-10-18)26(34)29-21-8-6-7-19(27)13-21/h6-13,17H,14H2,1-5H3,(H,29,34). The Labute approximate surface area is 208 Å². The van der Waals surface area contributed by atoms with Crippen LogP contribution in [0.2, 0.25) is 5.02 Å². The summed E-state index contributed by atoms with van der Waals surface area (Å²) in [7, 11) is 2.96. The largest absolute Gasteiger partial charge is 0.464 e. The normalized spacial score (nSPS) is 11.6. The summed E-state index contributed by atoms with van der Waals surface area (Å²) in [6.45, 7) is 5.08. The number of benzene rings is 2. The number of anilines is 1. The zero-order valence-corrected chi connectivity index (χ0v) is 20.9. The third-order valence-corrected chi connectivity index (χ3v) is 6.24. The number of hydrogen-bond donors (Lipinski definition) is 1. The van der Waals surface area contributed by atoms with E-state index in [0.717, 1.165) is 0 Å². The van der Waals surface area contributed by atoms with Gasteiger partial charge < -0.3 is 19.5 Å². The predicted octanol–water partition coefficient (Wildman–Crippen LogP) is 5.53. The molecule has 0 fully saturated rings. The van der Waals surface area contributed by atoms with Gasteiger partial charge >= 0.3 is 12.0 Å². The number of nitrogens with one attached hydrogen (secondary N) is 1. The third kappa shape index (κ3) is 5.54. The highest BCUT2D eigenvalue weighted by molar-refractivity contribution is 6.30. The number of carbonyl (C=O) groups is 3. The molecule has 184 valence electrons. The van der Waals surface area contributed by atoms with Gasteiger partial charge in [-0.05, 0) is 62.2 Å². The third-order valence-electron chi connectivity index (χ3n) is 6.01. The summed E-state index contributed by atoms with van der Waals surface area (Å²) in [5.74, 6) is -1.30. The molecule has 2 amide bonds. The first kappa shape index (κ1) is 26.0. The number of nitrogens with zero attached hydrogens (tertiary/aromatic N) is 2. The Bertz CT molecular complexity index is 1270. The monoisotopic (exact) mass is 499 g/mol. The van der Waals surface area contributed by atoms with E-state index in [2.05, 4.69) is 5.32 Å². The van der Waals surface area contributed by atoms with Crippen molar-refractivity contribution in [3.63, 3.8) is 0 Å². The number of amides is 2. The quantitative estimate of drug-likeness (QED) is 0.342. The zero-order chi connectivity index (χ0) is 25.9. The Kier molecular flexibility index (Phi) is 7.96. The van der Waals surface area contributed by atoms with Gasteiger partial charge in [-0.3, -0.25) is 4.79 Å². The first-order valence-electron chi connectivity index (χ1n) is 10.9. The van der Waals surface area contributed by atoms with Gasteiger partial charge in [0.1, 0.15) is 11.5 Å². The zero-order valence-electron chi connectivity index (χ0n) is 20.2. The minimum Gasteiger partial charge on any atom is -0.464 e. The van der Waals surface area contributed by atoms with Crippen LogP contribution in [0, 0.1) is 19.7 Å². The number of aromatic nitrogens is 1. The second-order valence-corrected chi connectivity index (χ2v) is 8.66. The number of halogens is 2. The van der Waals surface area contributed by atoms with Crippen molar-refractivity contribution in [2.75, 3.05) is 12.4 Å². The maximum atomic E-state index is 13.7. The van der Waals surface area contributed by atoms with Crippen molar-refractivity contribution in [3.05, 3.63) is 87.4 Å². The SMILES string of the molecule is COC(=O)c1c(C)c(C(=O)C(C)N(Cc2ccc(F)cc2)C(=O)Nc2cccc(Cl)c2)c(C)n1C. The summed E-state index contributed by atoms with van der Waals surface area (Å²) >= 11 is 6.04. The molecule has 1 atom stereocenters. The van der Waals surface area contributed by atoms with Crippen molar-refractivity contribution >= 4 is 35.1 Å². The number of rotatable bonds is 7. The lowest BCUT2D eigenvalue weighted by molar-refractivity contribution is 0.0588. The first-order valence-corrected chi connectivity index (χ1v) is 11.3. The summed E-state index contributed by atoms with van der Waals surface area (Å²) in [5.41, 5.74) is 2.78. The number of Topliss-reactive ketones (excluding diaryl/α,β-unsaturated/α-hetero) is 1. The molecule has 35 heavy (non-hydrogen) atoms. The van der Waals surface area contributed by atoms with Gasteiger partial charge in [0, 0.05) is 35.6 Å². The Morgan fingerprint density at radius 2 is 1.80 bits per heavy atom. The van der Waals surface area contributed by atoms with Crippen LogP contribution in [0.5, 0.6) is 0 Å². The van der Waals surface area contributed by atoms with E-state index in [1.807, 2.05) is 0 Å². The van der Waals surface area contributed by atoms with Crippen molar-refractivity contribution in [3.8, 4) is 0 Å². The summed E-state index contributed by atoms with van der Waals surface area (Å²) in [4.78, 5) is 40.7. The molecule has 1 N–H and O–H groups in total. The van der Waals surface area contributed by atoms with E-state index in [1.54, 1.807) is 68.8 Å². The molecule has 1 aromatic heterocycles. The minimum atomic E-state index is -0.912. The van der Waals surface area contributed by atoms with Crippen LogP contribution in [0.4, 0.5) is 14.9 Å². The van der Waals surface area contributed by atoms with Crippen LogP contribution in [-0.4, -0.2) is 40.4 Å². The molecule has 0 bridgehead atoms. The molecule has 1 heterocycles. The Morgan fingerprint density at radius 3 is 2.40 bits per heavy atom. The minimum absolute atomic E-state index is 0.0500. The van der Waals surface area contributed by atoms with Crippen LogP contribution in [0.15, 0.2) is 48.5 Å². The van der Waals surface area contributed by atoms with Crippen LogP contribution >= 0.6 is 11.6 Å². The molecule has 3 aromatic rings. The molecule has 3 rings (SSSR count). The Balaban J connectivity index is 1.99. The molecule has 7 nitrogen and oxygen atoms in total. The van der Waals surface area contributed by atoms with Gasteiger partial charge in [-0.25, -0.2) is 14.0 Å². The maximum Gasteiger partial charge on any atom is 0.354 e. The molecule has 0 aliphatic carbocycles. The van der Waals surface area contributed by atoms with Gasteiger partial charge in [0.05, 0.1) is 13.2 Å². The number of methoxy groups -OCH3 is 1. The molecule has 0 saturated heterocycles. The van der Waals surface area contributed by atoms with Gasteiger partial charge in [0.25, 0.3) is 0 Å². The lowest BCUT2D eigenvalue weighted by atomic mass is 9.99. The van der Waals surface area contributed by atoms with Crippen LogP contribution in [0.3, 0.4) is 0 Å². The molecule has 0 radical (unpaired) electrons. The molecule has 9 heteroatoms. The van der Waals surface area contributed by atoms with E-state index in [1.165, 1.54) is 24.1 Å².